The van der Waals surface area contributed by atoms with Gasteiger partial charge in [0.2, 0.25) is 0 Å². The standard InChI is InChI=1S/C23H22N4O/c1-4-26(2)20-12-9-18(10-13-20)15-21-23(28)27(3)22(25-21)14-11-17-5-7-19(16-24)8-6-17/h5-15H,4H2,1-3H3/b14-11+,21-15-. The van der Waals surface area contributed by atoms with Crippen molar-refractivity contribution in [3.8, 4) is 6.07 Å². The van der Waals surface area contributed by atoms with Crippen molar-refractivity contribution in [2.75, 3.05) is 25.5 Å². The summed E-state index contributed by atoms with van der Waals surface area (Å²) in [4.78, 5) is 20.7. The lowest BCUT2D eigenvalue weighted by molar-refractivity contribution is -0.121. The second kappa shape index (κ2) is 8.36. The van der Waals surface area contributed by atoms with E-state index in [2.05, 4.69) is 22.9 Å². The first-order chi connectivity index (χ1) is 13.5. The van der Waals surface area contributed by atoms with E-state index in [4.69, 9.17) is 5.26 Å². The first-order valence-electron chi connectivity index (χ1n) is 9.09. The van der Waals surface area contributed by atoms with Crippen LogP contribution in [0.2, 0.25) is 0 Å². The van der Waals surface area contributed by atoms with Crippen molar-refractivity contribution in [3.63, 3.8) is 0 Å². The molecular formula is C23H22N4O. The van der Waals surface area contributed by atoms with Gasteiger partial charge in [-0.15, -0.1) is 0 Å². The molecule has 1 aliphatic heterocycles. The summed E-state index contributed by atoms with van der Waals surface area (Å²) in [6, 6.07) is 17.4. The topological polar surface area (TPSA) is 59.7 Å². The van der Waals surface area contributed by atoms with E-state index in [1.54, 1.807) is 31.3 Å². The van der Waals surface area contributed by atoms with Crippen molar-refractivity contribution in [2.24, 2.45) is 4.99 Å². The summed E-state index contributed by atoms with van der Waals surface area (Å²) >= 11 is 0. The molecule has 1 heterocycles. The Labute approximate surface area is 165 Å². The highest BCUT2D eigenvalue weighted by Gasteiger charge is 2.25. The molecule has 5 nitrogen and oxygen atoms in total. The molecule has 0 atom stereocenters. The Bertz CT molecular complexity index is 992. The van der Waals surface area contributed by atoms with E-state index < -0.39 is 0 Å². The second-order valence-electron chi connectivity index (χ2n) is 6.54. The van der Waals surface area contributed by atoms with Gasteiger partial charge in [0.25, 0.3) is 5.91 Å². The second-order valence-corrected chi connectivity index (χ2v) is 6.54. The number of nitriles is 1. The van der Waals surface area contributed by atoms with Gasteiger partial charge in [0.1, 0.15) is 11.5 Å². The van der Waals surface area contributed by atoms with Gasteiger partial charge in [-0.05, 0) is 54.5 Å². The van der Waals surface area contributed by atoms with Gasteiger partial charge in [-0.3, -0.25) is 9.69 Å². The number of anilines is 1. The van der Waals surface area contributed by atoms with E-state index >= 15 is 0 Å². The molecule has 0 saturated carbocycles. The number of amidine groups is 1. The SMILES string of the molecule is CCN(C)c1ccc(/C=C2N=C(/C=C/c3ccc(C#N)cc3)N(C)C\2=O)cc1. The minimum atomic E-state index is -0.130. The summed E-state index contributed by atoms with van der Waals surface area (Å²) < 4.78 is 0. The zero-order valence-corrected chi connectivity index (χ0v) is 16.3. The molecule has 3 rings (SSSR count). The molecule has 140 valence electrons. The fourth-order valence-corrected chi connectivity index (χ4v) is 2.77. The fourth-order valence-electron chi connectivity index (χ4n) is 2.77. The van der Waals surface area contributed by atoms with Crippen molar-refractivity contribution in [2.45, 2.75) is 6.92 Å². The summed E-state index contributed by atoms with van der Waals surface area (Å²) in [5, 5.41) is 8.86. The van der Waals surface area contributed by atoms with Crippen molar-refractivity contribution in [3.05, 3.63) is 77.0 Å². The number of amides is 1. The maximum Gasteiger partial charge on any atom is 0.277 e. The van der Waals surface area contributed by atoms with Crippen LogP contribution in [0.1, 0.15) is 23.6 Å². The van der Waals surface area contributed by atoms with E-state index in [1.807, 2.05) is 49.5 Å². The Morgan fingerprint density at radius 2 is 1.71 bits per heavy atom. The number of benzene rings is 2. The van der Waals surface area contributed by atoms with E-state index in [-0.39, 0.29) is 5.91 Å². The Morgan fingerprint density at radius 3 is 2.32 bits per heavy atom. The number of rotatable bonds is 5. The molecule has 0 bridgehead atoms. The number of carbonyl (C=O) groups is 1. The lowest BCUT2D eigenvalue weighted by atomic mass is 10.1. The number of likely N-dealkylation sites (N-methyl/N-ethyl adjacent to an activating group) is 1. The molecule has 1 amide bonds. The van der Waals surface area contributed by atoms with Gasteiger partial charge in [0, 0.05) is 26.3 Å². The third kappa shape index (κ3) is 4.18. The quantitative estimate of drug-likeness (QED) is 0.749. The third-order valence-electron chi connectivity index (χ3n) is 4.68. The van der Waals surface area contributed by atoms with Gasteiger partial charge < -0.3 is 4.90 Å². The van der Waals surface area contributed by atoms with Crippen molar-refractivity contribution >= 4 is 29.6 Å². The number of nitrogens with zero attached hydrogens (tertiary/aromatic N) is 4. The number of hydrogen-bond donors (Lipinski definition) is 0. The molecule has 2 aromatic carbocycles. The summed E-state index contributed by atoms with van der Waals surface area (Å²) in [5.41, 5.74) is 4.04. The first kappa shape index (κ1) is 19.1. The minimum Gasteiger partial charge on any atom is -0.375 e. The van der Waals surface area contributed by atoms with Gasteiger partial charge in [0.05, 0.1) is 11.6 Å². The Kier molecular flexibility index (Phi) is 5.71. The average molecular weight is 370 g/mol. The number of carbonyl (C=O) groups excluding carboxylic acids is 1. The highest BCUT2D eigenvalue weighted by Crippen LogP contribution is 2.20. The van der Waals surface area contributed by atoms with Crippen LogP contribution in [0, 0.1) is 11.3 Å². The number of aliphatic imine (C=N–C) groups is 1. The van der Waals surface area contributed by atoms with Crippen molar-refractivity contribution in [1.29, 1.82) is 5.26 Å². The zero-order valence-electron chi connectivity index (χ0n) is 16.3. The lowest BCUT2D eigenvalue weighted by Gasteiger charge is -2.16. The van der Waals surface area contributed by atoms with E-state index in [0.717, 1.165) is 23.4 Å². The molecule has 0 aliphatic carbocycles. The Balaban J connectivity index is 1.79. The maximum absolute atomic E-state index is 12.5. The molecule has 0 spiro atoms. The molecule has 0 aromatic heterocycles. The van der Waals surface area contributed by atoms with Gasteiger partial charge in [0.15, 0.2) is 0 Å². The fraction of sp³-hybridized carbons (Fsp3) is 0.174. The molecule has 5 heteroatoms. The van der Waals surface area contributed by atoms with Crippen LogP contribution in [0.3, 0.4) is 0 Å². The highest BCUT2D eigenvalue weighted by molar-refractivity contribution is 6.18. The van der Waals surface area contributed by atoms with Gasteiger partial charge in [-0.2, -0.15) is 5.26 Å². The monoisotopic (exact) mass is 370 g/mol. The molecular weight excluding hydrogens is 348 g/mol. The predicted octanol–water partition coefficient (Wildman–Crippen LogP) is 3.94. The smallest absolute Gasteiger partial charge is 0.277 e. The summed E-state index contributed by atoms with van der Waals surface area (Å²) in [5.74, 6) is 0.456. The van der Waals surface area contributed by atoms with Gasteiger partial charge in [-0.1, -0.05) is 30.3 Å². The first-order valence-corrected chi connectivity index (χ1v) is 9.09. The summed E-state index contributed by atoms with van der Waals surface area (Å²) in [7, 11) is 3.75. The van der Waals surface area contributed by atoms with Crippen LogP contribution in [0.5, 0.6) is 0 Å². The van der Waals surface area contributed by atoms with E-state index in [9.17, 15) is 4.79 Å². The minimum absolute atomic E-state index is 0.130. The molecule has 28 heavy (non-hydrogen) atoms. The van der Waals surface area contributed by atoms with Gasteiger partial charge in [-0.25, -0.2) is 4.99 Å². The summed E-state index contributed by atoms with van der Waals surface area (Å²) in [6.07, 6.45) is 5.48. The van der Waals surface area contributed by atoms with Crippen LogP contribution < -0.4 is 4.90 Å². The van der Waals surface area contributed by atoms with Crippen LogP contribution in [0.25, 0.3) is 12.2 Å². The largest absolute Gasteiger partial charge is 0.375 e. The van der Waals surface area contributed by atoms with Crippen molar-refractivity contribution in [1.82, 2.24) is 4.90 Å². The van der Waals surface area contributed by atoms with Gasteiger partial charge >= 0.3 is 0 Å². The van der Waals surface area contributed by atoms with Crippen LogP contribution in [0.4, 0.5) is 5.69 Å². The Hall–Kier alpha value is -3.65. The van der Waals surface area contributed by atoms with E-state index in [0.29, 0.717) is 17.1 Å². The predicted molar refractivity (Wildman–Crippen MR) is 114 cm³/mol. The molecule has 0 saturated heterocycles. The van der Waals surface area contributed by atoms with E-state index in [1.165, 1.54) is 4.90 Å². The van der Waals surface area contributed by atoms with Crippen molar-refractivity contribution < 1.29 is 4.79 Å². The highest BCUT2D eigenvalue weighted by atomic mass is 16.2. The lowest BCUT2D eigenvalue weighted by Crippen LogP contribution is -2.26. The Morgan fingerprint density at radius 1 is 1.07 bits per heavy atom. The third-order valence-corrected chi connectivity index (χ3v) is 4.68. The molecule has 1 aliphatic rings. The molecule has 0 N–H and O–H groups in total. The maximum atomic E-state index is 12.5. The van der Waals surface area contributed by atoms with Crippen LogP contribution in [-0.4, -0.2) is 37.3 Å². The van der Waals surface area contributed by atoms with Crippen LogP contribution >= 0.6 is 0 Å². The molecule has 2 aromatic rings. The zero-order chi connectivity index (χ0) is 20.1. The molecule has 0 radical (unpaired) electrons. The molecule has 0 unspecified atom stereocenters. The molecule has 0 fully saturated rings. The van der Waals surface area contributed by atoms with Crippen LogP contribution in [0.15, 0.2) is 65.3 Å². The normalized spacial score (nSPS) is 15.2. The average Bonchev–Trinajstić information content (AvgIpc) is 3.00. The van der Waals surface area contributed by atoms with Crippen LogP contribution in [-0.2, 0) is 4.79 Å². The summed E-state index contributed by atoms with van der Waals surface area (Å²) in [6.45, 7) is 3.04. The number of hydrogen-bond acceptors (Lipinski definition) is 4.